The molecule has 0 unspecified atom stereocenters. The number of carbonyl (C=O) groups is 2. The number of halogens is 5. The molecule has 2 aliphatic rings. The first-order valence-corrected chi connectivity index (χ1v) is 22.1. The van der Waals surface area contributed by atoms with Crippen LogP contribution in [0.2, 0.25) is 0 Å². The lowest BCUT2D eigenvalue weighted by Gasteiger charge is -2.09. The molecule has 0 N–H and O–H groups in total. The van der Waals surface area contributed by atoms with Crippen LogP contribution in [-0.4, -0.2) is 21.5 Å². The largest absolute Gasteiger partial charge is 0.293 e. The van der Waals surface area contributed by atoms with Crippen LogP contribution in [0.4, 0.5) is 17.6 Å². The predicted molar refractivity (Wildman–Crippen MR) is 246 cm³/mol. The third kappa shape index (κ3) is 9.35. The van der Waals surface area contributed by atoms with Crippen LogP contribution in [0, 0.1) is 23.3 Å². The smallest absolute Gasteiger partial charge is 0.177 e. The zero-order valence-corrected chi connectivity index (χ0v) is 36.3. The molecule has 0 radical (unpaired) electrons. The van der Waals surface area contributed by atoms with Crippen LogP contribution in [0.25, 0.3) is 43.1 Å². The molecule has 10 rings (SSSR count). The second-order valence-corrected chi connectivity index (χ2v) is 17.6. The number of Topliss-reactive ketones (excluding diaryl/α,β-unsaturated/α-hetero) is 2. The number of thiophene rings is 2. The Balaban J connectivity index is 0.000000170. The molecule has 0 atom stereocenters. The molecule has 0 saturated carbocycles. The average Bonchev–Trinajstić information content (AvgIpc) is 3.83. The molecule has 0 aliphatic heterocycles. The van der Waals surface area contributed by atoms with Gasteiger partial charge in [0.1, 0.15) is 23.3 Å². The van der Waals surface area contributed by atoms with Gasteiger partial charge < -0.3 is 0 Å². The summed E-state index contributed by atoms with van der Waals surface area (Å²) in [4.78, 5) is 37.5. The van der Waals surface area contributed by atoms with E-state index in [1.807, 2.05) is 48.8 Å². The zero-order valence-electron chi connectivity index (χ0n) is 33.8. The van der Waals surface area contributed by atoms with E-state index < -0.39 is 23.3 Å². The summed E-state index contributed by atoms with van der Waals surface area (Å²) >= 11 is 2.85. The van der Waals surface area contributed by atoms with E-state index >= 15 is 0 Å². The maximum absolute atomic E-state index is 14.0. The molecule has 0 fully saturated rings. The van der Waals surface area contributed by atoms with Gasteiger partial charge in [-0.1, -0.05) is 48.5 Å². The lowest BCUT2D eigenvalue weighted by Crippen LogP contribution is -2.05. The van der Waals surface area contributed by atoms with Crippen LogP contribution in [0.5, 0.6) is 0 Å². The van der Waals surface area contributed by atoms with Gasteiger partial charge in [-0.25, -0.2) is 17.6 Å². The van der Waals surface area contributed by atoms with Crippen molar-refractivity contribution in [2.45, 2.75) is 51.4 Å². The van der Waals surface area contributed by atoms with Gasteiger partial charge in [0, 0.05) is 69.6 Å². The van der Waals surface area contributed by atoms with Crippen molar-refractivity contribution in [2.24, 2.45) is 0 Å². The summed E-state index contributed by atoms with van der Waals surface area (Å²) < 4.78 is 56.1. The van der Waals surface area contributed by atoms with E-state index in [0.717, 1.165) is 92.8 Å². The molecule has 4 aromatic heterocycles. The number of benzene rings is 4. The van der Waals surface area contributed by atoms with Gasteiger partial charge in [0.25, 0.3) is 0 Å². The first kappa shape index (κ1) is 43.6. The average molecular weight is 899 g/mol. The summed E-state index contributed by atoms with van der Waals surface area (Å²) in [5.74, 6) is -3.24. The lowest BCUT2D eigenvalue weighted by atomic mass is 9.98. The van der Waals surface area contributed by atoms with Crippen molar-refractivity contribution in [3.05, 3.63) is 200 Å². The van der Waals surface area contributed by atoms with Crippen LogP contribution in [-0.2, 0) is 38.5 Å². The molecule has 11 heteroatoms. The van der Waals surface area contributed by atoms with Gasteiger partial charge in [-0.05, 0) is 144 Å². The summed E-state index contributed by atoms with van der Waals surface area (Å²) in [6, 6.07) is 31.9. The number of rotatable bonds is 8. The molecule has 2 aliphatic carbocycles. The number of hydrogen-bond donors (Lipinski definition) is 0. The second kappa shape index (κ2) is 19.1. The van der Waals surface area contributed by atoms with Gasteiger partial charge >= 0.3 is 0 Å². The van der Waals surface area contributed by atoms with Gasteiger partial charge in [0.05, 0.1) is 9.75 Å². The van der Waals surface area contributed by atoms with Crippen LogP contribution in [0.15, 0.2) is 134 Å². The second-order valence-electron chi connectivity index (χ2n) is 15.5. The van der Waals surface area contributed by atoms with Crippen LogP contribution in [0.1, 0.15) is 65.6 Å². The van der Waals surface area contributed by atoms with Crippen molar-refractivity contribution in [1.82, 2.24) is 9.97 Å². The van der Waals surface area contributed by atoms with Crippen molar-refractivity contribution >= 4 is 46.6 Å². The fourth-order valence-electron chi connectivity index (χ4n) is 8.23. The molecular formula is C52H39ClF4N2O2S2. The minimum Gasteiger partial charge on any atom is -0.293 e. The number of fused-ring (bicyclic) bond motifs is 6. The topological polar surface area (TPSA) is 59.9 Å². The Morgan fingerprint density at radius 1 is 0.476 bits per heavy atom. The summed E-state index contributed by atoms with van der Waals surface area (Å²) in [6.07, 6.45) is 12.3. The Labute approximate surface area is 376 Å². The Morgan fingerprint density at radius 3 is 1.25 bits per heavy atom. The predicted octanol–water partition coefficient (Wildman–Crippen LogP) is 13.8. The molecule has 0 bridgehead atoms. The third-order valence-electron chi connectivity index (χ3n) is 11.4. The number of carbonyl (C=O) groups excluding carboxylic acids is 2. The van der Waals surface area contributed by atoms with Crippen molar-refractivity contribution in [1.29, 1.82) is 0 Å². The molecule has 316 valence electrons. The Bertz CT molecular complexity index is 2730. The van der Waals surface area contributed by atoms with E-state index in [-0.39, 0.29) is 47.9 Å². The number of pyridine rings is 2. The van der Waals surface area contributed by atoms with E-state index in [0.29, 0.717) is 9.75 Å². The molecule has 0 saturated heterocycles. The van der Waals surface area contributed by atoms with E-state index in [1.54, 1.807) is 12.4 Å². The first-order valence-electron chi connectivity index (χ1n) is 20.4. The third-order valence-corrected chi connectivity index (χ3v) is 14.0. The standard InChI is InChI=1S/2C26H19F2NOS.ClH/c2*27-22-7-2-8-23(28)21(22)14-24(30)25-13-18-5-1-4-16-9-10-17(12-20(16)26(18)31-25)19-6-3-11-29-15-19;/h2*2-3,6-13,15H,1,4-5,14H2;1H. The molecule has 0 spiro atoms. The minimum absolute atomic E-state index is 0. The Hall–Kier alpha value is -6.07. The van der Waals surface area contributed by atoms with Crippen molar-refractivity contribution in [3.63, 3.8) is 0 Å². The number of ketones is 2. The molecule has 4 heterocycles. The Morgan fingerprint density at radius 2 is 0.873 bits per heavy atom. The first-order chi connectivity index (χ1) is 30.2. The van der Waals surface area contributed by atoms with Crippen LogP contribution in [0.3, 0.4) is 0 Å². The van der Waals surface area contributed by atoms with Crippen LogP contribution < -0.4 is 0 Å². The summed E-state index contributed by atoms with van der Waals surface area (Å²) in [5.41, 5.74) is 10.9. The van der Waals surface area contributed by atoms with Gasteiger partial charge in [-0.3, -0.25) is 19.6 Å². The molecular weight excluding hydrogens is 860 g/mol. The fourth-order valence-corrected chi connectivity index (χ4v) is 10.6. The van der Waals surface area contributed by atoms with E-state index in [2.05, 4.69) is 46.4 Å². The van der Waals surface area contributed by atoms with Crippen molar-refractivity contribution in [2.75, 3.05) is 0 Å². The van der Waals surface area contributed by atoms with E-state index in [1.165, 1.54) is 70.2 Å². The lowest BCUT2D eigenvalue weighted by molar-refractivity contribution is 0.0986. The summed E-state index contributed by atoms with van der Waals surface area (Å²) in [6.45, 7) is 0. The van der Waals surface area contributed by atoms with E-state index in [9.17, 15) is 27.2 Å². The maximum Gasteiger partial charge on any atom is 0.177 e. The highest BCUT2D eigenvalue weighted by Crippen LogP contribution is 2.42. The highest BCUT2D eigenvalue weighted by atomic mass is 35.5. The number of aryl methyl sites for hydroxylation is 4. The number of nitrogens with zero attached hydrogens (tertiary/aromatic N) is 2. The van der Waals surface area contributed by atoms with Gasteiger partial charge in [-0.2, -0.15) is 0 Å². The monoisotopic (exact) mass is 898 g/mol. The van der Waals surface area contributed by atoms with Gasteiger partial charge in [-0.15, -0.1) is 35.1 Å². The summed E-state index contributed by atoms with van der Waals surface area (Å²) in [5, 5.41) is 0. The highest BCUT2D eigenvalue weighted by molar-refractivity contribution is 7.18. The quantitative estimate of drug-likeness (QED) is 0.113. The molecule has 8 aromatic rings. The fraction of sp³-hybridized carbons (Fsp3) is 0.154. The number of hydrogen-bond acceptors (Lipinski definition) is 6. The highest BCUT2D eigenvalue weighted by Gasteiger charge is 2.25. The van der Waals surface area contributed by atoms with Crippen molar-refractivity contribution in [3.8, 4) is 43.1 Å². The molecule has 4 nitrogen and oxygen atoms in total. The van der Waals surface area contributed by atoms with Crippen LogP contribution >= 0.6 is 35.1 Å². The molecule has 0 amide bonds. The minimum atomic E-state index is -0.682. The SMILES string of the molecule is Cl.O=C(Cc1c(F)cccc1F)c1cc2c(s1)-c1cc(-c3cccnc3)ccc1CCC2.O=C(Cc1c(F)cccc1F)c1cc2c(s1)-c1cc(-c3cccnc3)ccc1CCC2. The maximum atomic E-state index is 14.0. The normalized spacial score (nSPS) is 12.5. The Kier molecular flexibility index (Phi) is 13.2. The van der Waals surface area contributed by atoms with E-state index in [4.69, 9.17) is 0 Å². The van der Waals surface area contributed by atoms with Crippen molar-refractivity contribution < 1.29 is 27.2 Å². The zero-order chi connectivity index (χ0) is 42.7. The molecule has 4 aromatic carbocycles. The summed E-state index contributed by atoms with van der Waals surface area (Å²) in [7, 11) is 0. The number of aromatic nitrogens is 2. The van der Waals surface area contributed by atoms with Gasteiger partial charge in [0.15, 0.2) is 11.6 Å². The van der Waals surface area contributed by atoms with Gasteiger partial charge in [0.2, 0.25) is 0 Å². The molecule has 63 heavy (non-hydrogen) atoms.